The molecule has 0 aliphatic heterocycles. The summed E-state index contributed by atoms with van der Waals surface area (Å²) in [6, 6.07) is 6.09. The van der Waals surface area contributed by atoms with E-state index in [2.05, 4.69) is 9.97 Å². The zero-order chi connectivity index (χ0) is 17.3. The molecule has 1 fully saturated rings. The van der Waals surface area contributed by atoms with Gasteiger partial charge in [-0.2, -0.15) is 0 Å². The minimum absolute atomic E-state index is 0.0454. The summed E-state index contributed by atoms with van der Waals surface area (Å²) in [5.74, 6) is 0.0557. The van der Waals surface area contributed by atoms with Crippen molar-refractivity contribution < 1.29 is 9.53 Å². The number of nitrogens with zero attached hydrogens (tertiary/aromatic N) is 3. The van der Waals surface area contributed by atoms with Crippen LogP contribution in [0.4, 0.5) is 0 Å². The van der Waals surface area contributed by atoms with Crippen LogP contribution in [0.1, 0.15) is 64.9 Å². The molecule has 0 unspecified atom stereocenters. The van der Waals surface area contributed by atoms with Crippen LogP contribution >= 0.6 is 11.3 Å². The van der Waals surface area contributed by atoms with Crippen molar-refractivity contribution in [1.29, 1.82) is 0 Å². The van der Waals surface area contributed by atoms with E-state index in [-0.39, 0.29) is 18.1 Å². The van der Waals surface area contributed by atoms with Crippen molar-refractivity contribution in [3.63, 3.8) is 0 Å². The summed E-state index contributed by atoms with van der Waals surface area (Å²) in [7, 11) is 1.66. The second kappa shape index (κ2) is 6.99. The first-order valence-corrected chi connectivity index (χ1v) is 9.08. The Morgan fingerprint density at radius 3 is 2.71 bits per heavy atom. The highest BCUT2D eigenvalue weighted by molar-refractivity contribution is 7.13. The number of ether oxygens (including phenoxy) is 1. The van der Waals surface area contributed by atoms with Gasteiger partial charge in [-0.05, 0) is 45.7 Å². The Balaban J connectivity index is 1.89. The van der Waals surface area contributed by atoms with Gasteiger partial charge in [0.05, 0.1) is 17.4 Å². The molecular weight excluding hydrogens is 322 g/mol. The van der Waals surface area contributed by atoms with E-state index >= 15 is 0 Å². The van der Waals surface area contributed by atoms with Crippen LogP contribution in [-0.2, 0) is 4.74 Å². The standard InChI is InChI=1S/C18H23N3O2S/c1-11-16(24-17(20-11)13(3)23-4)18(22)21(14-8-9-14)12(2)15-7-5-6-10-19-15/h5-7,10,12-14H,8-9H2,1-4H3/t12-,13+/m0/s1. The molecule has 1 amide bonds. The summed E-state index contributed by atoms with van der Waals surface area (Å²) >= 11 is 1.44. The second-order valence-corrected chi connectivity index (χ2v) is 7.25. The first-order chi connectivity index (χ1) is 11.5. The Morgan fingerprint density at radius 1 is 1.38 bits per heavy atom. The molecular formula is C18H23N3O2S. The lowest BCUT2D eigenvalue weighted by Gasteiger charge is -2.28. The fourth-order valence-corrected chi connectivity index (χ4v) is 3.82. The van der Waals surface area contributed by atoms with Crippen molar-refractivity contribution in [2.45, 2.75) is 51.8 Å². The minimum atomic E-state index is -0.0992. The van der Waals surface area contributed by atoms with Crippen molar-refractivity contribution in [2.24, 2.45) is 0 Å². The van der Waals surface area contributed by atoms with Crippen LogP contribution in [0.3, 0.4) is 0 Å². The van der Waals surface area contributed by atoms with Gasteiger partial charge in [0, 0.05) is 19.3 Å². The maximum atomic E-state index is 13.2. The summed E-state index contributed by atoms with van der Waals surface area (Å²) in [5, 5.41) is 0.847. The normalized spacial score (nSPS) is 16.7. The summed E-state index contributed by atoms with van der Waals surface area (Å²) in [6.07, 6.45) is 3.79. The lowest BCUT2D eigenvalue weighted by Crippen LogP contribution is -2.35. The van der Waals surface area contributed by atoms with Gasteiger partial charge in [0.1, 0.15) is 16.0 Å². The van der Waals surface area contributed by atoms with E-state index in [1.807, 2.05) is 43.9 Å². The molecule has 2 heterocycles. The van der Waals surface area contributed by atoms with E-state index in [0.717, 1.165) is 29.2 Å². The molecule has 0 saturated heterocycles. The zero-order valence-electron chi connectivity index (χ0n) is 14.5. The SMILES string of the molecule is CO[C@H](C)c1nc(C)c(C(=O)N(C2CC2)[C@@H](C)c2ccccn2)s1. The van der Waals surface area contributed by atoms with Crippen molar-refractivity contribution in [2.75, 3.05) is 7.11 Å². The van der Waals surface area contributed by atoms with Crippen molar-refractivity contribution in [3.8, 4) is 0 Å². The van der Waals surface area contributed by atoms with Crippen LogP contribution in [0.15, 0.2) is 24.4 Å². The van der Waals surface area contributed by atoms with Crippen molar-refractivity contribution >= 4 is 17.2 Å². The Kier molecular flexibility index (Phi) is 4.96. The number of aryl methyl sites for hydroxylation is 1. The Hall–Kier alpha value is -1.79. The Labute approximate surface area is 146 Å². The number of pyridine rings is 1. The van der Waals surface area contributed by atoms with E-state index in [0.29, 0.717) is 10.9 Å². The Morgan fingerprint density at radius 2 is 2.12 bits per heavy atom. The molecule has 0 spiro atoms. The summed E-state index contributed by atoms with van der Waals surface area (Å²) in [4.78, 5) is 24.9. The average molecular weight is 345 g/mol. The number of amides is 1. The van der Waals surface area contributed by atoms with E-state index < -0.39 is 0 Å². The largest absolute Gasteiger partial charge is 0.375 e. The highest BCUT2D eigenvalue weighted by atomic mass is 32.1. The van der Waals surface area contributed by atoms with Gasteiger partial charge in [-0.15, -0.1) is 11.3 Å². The summed E-state index contributed by atoms with van der Waals surface area (Å²) in [5.41, 5.74) is 1.70. The smallest absolute Gasteiger partial charge is 0.266 e. The molecule has 24 heavy (non-hydrogen) atoms. The number of aromatic nitrogens is 2. The number of methoxy groups -OCH3 is 1. The molecule has 5 nitrogen and oxygen atoms in total. The monoisotopic (exact) mass is 345 g/mol. The molecule has 0 N–H and O–H groups in total. The maximum Gasteiger partial charge on any atom is 0.266 e. The molecule has 3 rings (SSSR count). The first kappa shape index (κ1) is 17.0. The van der Waals surface area contributed by atoms with Gasteiger partial charge in [-0.3, -0.25) is 9.78 Å². The van der Waals surface area contributed by atoms with E-state index in [9.17, 15) is 4.79 Å². The highest BCUT2D eigenvalue weighted by Gasteiger charge is 2.38. The number of carbonyl (C=O) groups excluding carboxylic acids is 1. The van der Waals surface area contributed by atoms with Gasteiger partial charge in [0.15, 0.2) is 0 Å². The van der Waals surface area contributed by atoms with Gasteiger partial charge in [0.25, 0.3) is 5.91 Å². The molecule has 6 heteroatoms. The van der Waals surface area contributed by atoms with Crippen LogP contribution < -0.4 is 0 Å². The van der Waals surface area contributed by atoms with E-state index in [4.69, 9.17) is 4.74 Å². The molecule has 0 aromatic carbocycles. The van der Waals surface area contributed by atoms with Crippen molar-refractivity contribution in [1.82, 2.24) is 14.9 Å². The maximum absolute atomic E-state index is 13.2. The number of carbonyl (C=O) groups is 1. The summed E-state index contributed by atoms with van der Waals surface area (Å²) in [6.45, 7) is 5.89. The minimum Gasteiger partial charge on any atom is -0.375 e. The molecule has 2 aromatic heterocycles. The van der Waals surface area contributed by atoms with Crippen LogP contribution in [0, 0.1) is 6.92 Å². The predicted octanol–water partition coefficient (Wildman–Crippen LogP) is 3.92. The third-order valence-electron chi connectivity index (χ3n) is 4.42. The fraction of sp³-hybridized carbons (Fsp3) is 0.500. The van der Waals surface area contributed by atoms with E-state index in [1.165, 1.54) is 11.3 Å². The number of thiazole rings is 1. The number of hydrogen-bond acceptors (Lipinski definition) is 5. The number of rotatable bonds is 6. The molecule has 1 aliphatic rings. The number of hydrogen-bond donors (Lipinski definition) is 0. The Bertz CT molecular complexity index is 712. The molecule has 1 saturated carbocycles. The molecule has 1 aliphatic carbocycles. The second-order valence-electron chi connectivity index (χ2n) is 6.22. The van der Waals surface area contributed by atoms with Gasteiger partial charge < -0.3 is 9.64 Å². The lowest BCUT2D eigenvalue weighted by molar-refractivity contribution is 0.0674. The molecule has 0 radical (unpaired) electrons. The molecule has 128 valence electrons. The van der Waals surface area contributed by atoms with Crippen LogP contribution in [0.2, 0.25) is 0 Å². The predicted molar refractivity (Wildman–Crippen MR) is 94.1 cm³/mol. The molecule has 2 atom stereocenters. The van der Waals surface area contributed by atoms with Gasteiger partial charge in [-0.25, -0.2) is 4.98 Å². The summed E-state index contributed by atoms with van der Waals surface area (Å²) < 4.78 is 5.33. The molecule has 0 bridgehead atoms. The van der Waals surface area contributed by atoms with Crippen molar-refractivity contribution in [3.05, 3.63) is 45.7 Å². The first-order valence-electron chi connectivity index (χ1n) is 8.26. The quantitative estimate of drug-likeness (QED) is 0.796. The topological polar surface area (TPSA) is 55.3 Å². The third-order valence-corrected chi connectivity index (χ3v) is 5.72. The average Bonchev–Trinajstić information content (AvgIpc) is 3.35. The van der Waals surface area contributed by atoms with Gasteiger partial charge in [0.2, 0.25) is 0 Å². The zero-order valence-corrected chi connectivity index (χ0v) is 15.3. The molecule has 2 aromatic rings. The lowest BCUT2D eigenvalue weighted by atomic mass is 10.1. The van der Waals surface area contributed by atoms with Crippen LogP contribution in [0.25, 0.3) is 0 Å². The fourth-order valence-electron chi connectivity index (χ4n) is 2.78. The van der Waals surface area contributed by atoms with Crippen LogP contribution in [-0.4, -0.2) is 33.9 Å². The van der Waals surface area contributed by atoms with Gasteiger partial charge >= 0.3 is 0 Å². The van der Waals surface area contributed by atoms with Gasteiger partial charge in [-0.1, -0.05) is 6.07 Å². The highest BCUT2D eigenvalue weighted by Crippen LogP contribution is 2.37. The van der Waals surface area contributed by atoms with Crippen LogP contribution in [0.5, 0.6) is 0 Å². The van der Waals surface area contributed by atoms with E-state index in [1.54, 1.807) is 13.3 Å². The third kappa shape index (κ3) is 3.35.